The summed E-state index contributed by atoms with van der Waals surface area (Å²) in [4.78, 5) is 28.4. The van der Waals surface area contributed by atoms with Gasteiger partial charge in [-0.05, 0) is 36.0 Å². The van der Waals surface area contributed by atoms with Crippen molar-refractivity contribution in [2.24, 2.45) is 0 Å². The molecule has 1 unspecified atom stereocenters. The highest BCUT2D eigenvalue weighted by Gasteiger charge is 2.43. The zero-order chi connectivity index (χ0) is 16.4. The smallest absolute Gasteiger partial charge is 0.327 e. The Bertz CT molecular complexity index is 614. The van der Waals surface area contributed by atoms with E-state index in [4.69, 9.17) is 4.74 Å². The average Bonchev–Trinajstić information content (AvgIpc) is 2.79. The number of nitrogens with zero attached hydrogens (tertiary/aromatic N) is 2. The topological polar surface area (TPSA) is 49.9 Å². The van der Waals surface area contributed by atoms with Gasteiger partial charge in [-0.25, -0.2) is 4.79 Å². The summed E-state index contributed by atoms with van der Waals surface area (Å²) in [6.07, 6.45) is 2.38. The Morgan fingerprint density at radius 1 is 1.26 bits per heavy atom. The van der Waals surface area contributed by atoms with Gasteiger partial charge in [0.1, 0.15) is 6.04 Å². The largest absolute Gasteiger partial charge is 0.376 e. The summed E-state index contributed by atoms with van der Waals surface area (Å²) < 4.78 is 5.49. The van der Waals surface area contributed by atoms with Crippen LogP contribution in [0, 0.1) is 0 Å². The lowest BCUT2D eigenvalue weighted by Gasteiger charge is -2.22. The minimum Gasteiger partial charge on any atom is -0.376 e. The highest BCUT2D eigenvalue weighted by molar-refractivity contribution is 6.04. The van der Waals surface area contributed by atoms with E-state index in [1.165, 1.54) is 16.0 Å². The molecule has 2 aliphatic rings. The molecule has 0 spiro atoms. The van der Waals surface area contributed by atoms with Gasteiger partial charge in [-0.1, -0.05) is 32.0 Å². The molecule has 3 amide bonds. The zero-order valence-electron chi connectivity index (χ0n) is 13.9. The predicted molar refractivity (Wildman–Crippen MR) is 86.8 cm³/mol. The normalized spacial score (nSPS) is 21.0. The standard InChI is InChI=1S/C18H24N2O3/c1-3-9-19-16(4-2)17(21)20(18(19)22)11-13-6-5-7-14-12-23-10-8-15(13)14/h5-7,16H,3-4,8-12H2,1-2H3. The van der Waals surface area contributed by atoms with E-state index >= 15 is 0 Å². The van der Waals surface area contributed by atoms with Crippen LogP contribution in [0.4, 0.5) is 4.79 Å². The lowest BCUT2D eigenvalue weighted by atomic mass is 9.97. The number of ether oxygens (including phenoxy) is 1. The Morgan fingerprint density at radius 3 is 2.83 bits per heavy atom. The Morgan fingerprint density at radius 2 is 2.09 bits per heavy atom. The van der Waals surface area contributed by atoms with E-state index in [-0.39, 0.29) is 18.0 Å². The summed E-state index contributed by atoms with van der Waals surface area (Å²) in [5.74, 6) is -0.0596. The van der Waals surface area contributed by atoms with Gasteiger partial charge in [0.2, 0.25) is 0 Å². The summed E-state index contributed by atoms with van der Waals surface area (Å²) in [5.41, 5.74) is 3.48. The highest BCUT2D eigenvalue weighted by Crippen LogP contribution is 2.26. The molecule has 0 bridgehead atoms. The second-order valence-electron chi connectivity index (χ2n) is 6.18. The summed E-state index contributed by atoms with van der Waals surface area (Å²) in [6.45, 7) is 6.32. The van der Waals surface area contributed by atoms with Gasteiger partial charge in [0.15, 0.2) is 0 Å². The minimum atomic E-state index is -0.301. The van der Waals surface area contributed by atoms with Crippen molar-refractivity contribution in [3.05, 3.63) is 34.9 Å². The van der Waals surface area contributed by atoms with Crippen LogP contribution in [0.2, 0.25) is 0 Å². The SMILES string of the molecule is CCCN1C(=O)N(Cc2cccc3c2CCOC3)C(=O)C1CC. The van der Waals surface area contributed by atoms with Gasteiger partial charge in [-0.15, -0.1) is 0 Å². The fourth-order valence-electron chi connectivity index (χ4n) is 3.55. The molecular weight excluding hydrogens is 292 g/mol. The maximum absolute atomic E-state index is 12.7. The quantitative estimate of drug-likeness (QED) is 0.785. The predicted octanol–water partition coefficient (Wildman–Crippen LogP) is 2.71. The molecule has 3 rings (SSSR count). The van der Waals surface area contributed by atoms with Crippen molar-refractivity contribution >= 4 is 11.9 Å². The van der Waals surface area contributed by atoms with Crippen molar-refractivity contribution in [3.8, 4) is 0 Å². The molecule has 0 aromatic heterocycles. The number of hydrogen-bond donors (Lipinski definition) is 0. The van der Waals surface area contributed by atoms with E-state index in [1.807, 2.05) is 26.0 Å². The number of carbonyl (C=O) groups excluding carboxylic acids is 2. The maximum atomic E-state index is 12.7. The monoisotopic (exact) mass is 316 g/mol. The van der Waals surface area contributed by atoms with Crippen molar-refractivity contribution in [2.75, 3.05) is 13.2 Å². The van der Waals surface area contributed by atoms with Gasteiger partial charge >= 0.3 is 6.03 Å². The molecule has 0 N–H and O–H groups in total. The molecule has 1 aromatic carbocycles. The molecule has 2 aliphatic heterocycles. The third kappa shape index (κ3) is 2.85. The molecule has 1 saturated heterocycles. The number of rotatable bonds is 5. The van der Waals surface area contributed by atoms with E-state index in [9.17, 15) is 9.59 Å². The Balaban J connectivity index is 1.85. The molecule has 5 nitrogen and oxygen atoms in total. The molecule has 23 heavy (non-hydrogen) atoms. The van der Waals surface area contributed by atoms with Crippen LogP contribution in [0.25, 0.3) is 0 Å². The lowest BCUT2D eigenvalue weighted by molar-refractivity contribution is -0.128. The Kier molecular flexibility index (Phi) is 4.66. The van der Waals surface area contributed by atoms with Crippen LogP contribution in [-0.4, -0.2) is 40.9 Å². The average molecular weight is 316 g/mol. The third-order valence-electron chi connectivity index (χ3n) is 4.71. The molecule has 1 atom stereocenters. The van der Waals surface area contributed by atoms with Gasteiger partial charge in [-0.3, -0.25) is 9.69 Å². The van der Waals surface area contributed by atoms with Crippen LogP contribution < -0.4 is 0 Å². The van der Waals surface area contributed by atoms with E-state index in [0.29, 0.717) is 32.7 Å². The Labute approximate surface area is 137 Å². The van der Waals surface area contributed by atoms with Crippen molar-refractivity contribution < 1.29 is 14.3 Å². The van der Waals surface area contributed by atoms with E-state index in [2.05, 4.69) is 6.07 Å². The first-order valence-electron chi connectivity index (χ1n) is 8.46. The van der Waals surface area contributed by atoms with E-state index in [1.54, 1.807) is 4.90 Å². The third-order valence-corrected chi connectivity index (χ3v) is 4.71. The number of benzene rings is 1. The number of amides is 3. The van der Waals surface area contributed by atoms with E-state index in [0.717, 1.165) is 18.4 Å². The summed E-state index contributed by atoms with van der Waals surface area (Å²) in [7, 11) is 0. The lowest BCUT2D eigenvalue weighted by Crippen LogP contribution is -2.35. The molecule has 0 saturated carbocycles. The first-order valence-corrected chi connectivity index (χ1v) is 8.46. The molecular formula is C18H24N2O3. The molecule has 124 valence electrons. The van der Waals surface area contributed by atoms with Crippen molar-refractivity contribution in [3.63, 3.8) is 0 Å². The number of hydrogen-bond acceptors (Lipinski definition) is 3. The number of fused-ring (bicyclic) bond motifs is 1. The van der Waals surface area contributed by atoms with Gasteiger partial charge in [0.25, 0.3) is 5.91 Å². The summed E-state index contributed by atoms with van der Waals surface area (Å²) in [5, 5.41) is 0. The number of carbonyl (C=O) groups is 2. The van der Waals surface area contributed by atoms with Gasteiger partial charge < -0.3 is 9.64 Å². The van der Waals surface area contributed by atoms with Crippen LogP contribution in [0.3, 0.4) is 0 Å². The maximum Gasteiger partial charge on any atom is 0.327 e. The molecule has 1 fully saturated rings. The number of urea groups is 1. The number of imide groups is 1. The Hall–Kier alpha value is -1.88. The van der Waals surface area contributed by atoms with Gasteiger partial charge in [-0.2, -0.15) is 0 Å². The van der Waals surface area contributed by atoms with Crippen LogP contribution in [0.5, 0.6) is 0 Å². The van der Waals surface area contributed by atoms with Crippen LogP contribution in [0.1, 0.15) is 43.4 Å². The molecule has 0 aliphatic carbocycles. The van der Waals surface area contributed by atoms with Crippen molar-refractivity contribution in [1.82, 2.24) is 9.80 Å². The van der Waals surface area contributed by atoms with Crippen LogP contribution >= 0.6 is 0 Å². The molecule has 5 heteroatoms. The fraction of sp³-hybridized carbons (Fsp3) is 0.556. The molecule has 2 heterocycles. The molecule has 0 radical (unpaired) electrons. The second kappa shape index (κ2) is 6.71. The molecule has 1 aromatic rings. The summed E-state index contributed by atoms with van der Waals surface area (Å²) in [6, 6.07) is 5.62. The fourth-order valence-corrected chi connectivity index (χ4v) is 3.55. The first-order chi connectivity index (χ1) is 11.2. The zero-order valence-corrected chi connectivity index (χ0v) is 13.9. The van der Waals surface area contributed by atoms with Crippen molar-refractivity contribution in [2.45, 2.75) is 52.3 Å². The van der Waals surface area contributed by atoms with Crippen molar-refractivity contribution in [1.29, 1.82) is 0 Å². The summed E-state index contributed by atoms with van der Waals surface area (Å²) >= 11 is 0. The van der Waals surface area contributed by atoms with Gasteiger partial charge in [0.05, 0.1) is 19.8 Å². The van der Waals surface area contributed by atoms with Gasteiger partial charge in [0, 0.05) is 6.54 Å². The van der Waals surface area contributed by atoms with Crippen LogP contribution in [-0.2, 0) is 29.1 Å². The first kappa shape index (κ1) is 16.0. The van der Waals surface area contributed by atoms with Crippen LogP contribution in [0.15, 0.2) is 18.2 Å². The van der Waals surface area contributed by atoms with E-state index < -0.39 is 0 Å². The second-order valence-corrected chi connectivity index (χ2v) is 6.18. The minimum absolute atomic E-state index is 0.0596. The highest BCUT2D eigenvalue weighted by atomic mass is 16.5.